The first-order valence-electron chi connectivity index (χ1n) is 7.63. The van der Waals surface area contributed by atoms with Crippen LogP contribution >= 0.6 is 24.0 Å². The lowest BCUT2D eigenvalue weighted by molar-refractivity contribution is 0.187. The lowest BCUT2D eigenvalue weighted by Crippen LogP contribution is -2.32. The Balaban J connectivity index is 0.00000484. The van der Waals surface area contributed by atoms with Crippen molar-refractivity contribution in [3.05, 3.63) is 29.8 Å². The molecule has 0 aliphatic heterocycles. The van der Waals surface area contributed by atoms with Crippen LogP contribution in [0.25, 0.3) is 0 Å². The highest BCUT2D eigenvalue weighted by Gasteiger charge is 2.00. The lowest BCUT2D eigenvalue weighted by atomic mass is 10.2. The summed E-state index contributed by atoms with van der Waals surface area (Å²) in [5, 5.41) is 5.71. The fourth-order valence-electron chi connectivity index (χ4n) is 1.86. The average Bonchev–Trinajstić information content (AvgIpc) is 2.54. The molecule has 1 aromatic rings. The van der Waals surface area contributed by atoms with E-state index in [9.17, 15) is 4.79 Å². The van der Waals surface area contributed by atoms with E-state index in [2.05, 4.69) is 27.3 Å². The molecule has 0 saturated carbocycles. The van der Waals surface area contributed by atoms with Gasteiger partial charge >= 0.3 is 6.09 Å². The van der Waals surface area contributed by atoms with E-state index in [4.69, 9.17) is 5.73 Å². The van der Waals surface area contributed by atoms with Crippen LogP contribution < -0.4 is 16.4 Å². The molecule has 0 heterocycles. The van der Waals surface area contributed by atoms with Gasteiger partial charge in [-0.3, -0.25) is 5.32 Å². The van der Waals surface area contributed by atoms with Gasteiger partial charge in [0.25, 0.3) is 0 Å². The first-order chi connectivity index (χ1) is 10.7. The summed E-state index contributed by atoms with van der Waals surface area (Å²) in [6.07, 6.45) is 4.32. The average molecular weight is 434 g/mol. The SMILES string of the molecule is CCCCCCNC(N)=NCc1ccc(NC(=O)OC)cc1.I. The van der Waals surface area contributed by atoms with E-state index in [1.54, 1.807) is 12.1 Å². The van der Waals surface area contributed by atoms with Crippen molar-refractivity contribution in [3.8, 4) is 0 Å². The van der Waals surface area contributed by atoms with E-state index in [0.717, 1.165) is 18.5 Å². The second-order valence-corrected chi connectivity index (χ2v) is 5.00. The number of methoxy groups -OCH3 is 1. The predicted octanol–water partition coefficient (Wildman–Crippen LogP) is 3.47. The van der Waals surface area contributed by atoms with Crippen LogP contribution in [0.1, 0.15) is 38.2 Å². The van der Waals surface area contributed by atoms with Gasteiger partial charge in [-0.25, -0.2) is 9.79 Å². The molecule has 0 atom stereocenters. The van der Waals surface area contributed by atoms with E-state index < -0.39 is 6.09 Å². The molecule has 4 N–H and O–H groups in total. The van der Waals surface area contributed by atoms with Crippen molar-refractivity contribution in [2.24, 2.45) is 10.7 Å². The number of nitrogens with one attached hydrogen (secondary N) is 2. The normalized spacial score (nSPS) is 10.6. The summed E-state index contributed by atoms with van der Waals surface area (Å²) in [5.41, 5.74) is 7.52. The smallest absolute Gasteiger partial charge is 0.411 e. The molecule has 130 valence electrons. The van der Waals surface area contributed by atoms with Crippen molar-refractivity contribution in [1.29, 1.82) is 0 Å². The summed E-state index contributed by atoms with van der Waals surface area (Å²) >= 11 is 0. The number of amides is 1. The van der Waals surface area contributed by atoms with Crippen LogP contribution in [0.3, 0.4) is 0 Å². The fraction of sp³-hybridized carbons (Fsp3) is 0.500. The number of unbranched alkanes of at least 4 members (excludes halogenated alkanes) is 3. The fourth-order valence-corrected chi connectivity index (χ4v) is 1.86. The molecule has 0 aliphatic rings. The molecule has 0 spiro atoms. The molecule has 7 heteroatoms. The van der Waals surface area contributed by atoms with Gasteiger partial charge in [-0.15, -0.1) is 24.0 Å². The van der Waals surface area contributed by atoms with Crippen LogP contribution in [0.4, 0.5) is 10.5 Å². The summed E-state index contributed by atoms with van der Waals surface area (Å²) in [6.45, 7) is 3.55. The highest BCUT2D eigenvalue weighted by Crippen LogP contribution is 2.10. The Morgan fingerprint density at radius 1 is 1.22 bits per heavy atom. The third-order valence-electron chi connectivity index (χ3n) is 3.15. The van der Waals surface area contributed by atoms with Crippen LogP contribution in [0.15, 0.2) is 29.3 Å². The van der Waals surface area contributed by atoms with E-state index in [0.29, 0.717) is 18.2 Å². The van der Waals surface area contributed by atoms with Crippen LogP contribution in [0.5, 0.6) is 0 Å². The number of hydrogen-bond acceptors (Lipinski definition) is 3. The molecule has 23 heavy (non-hydrogen) atoms. The van der Waals surface area contributed by atoms with Gasteiger partial charge < -0.3 is 15.8 Å². The monoisotopic (exact) mass is 434 g/mol. The van der Waals surface area contributed by atoms with Gasteiger partial charge in [0, 0.05) is 12.2 Å². The molecular weight excluding hydrogens is 407 g/mol. The van der Waals surface area contributed by atoms with E-state index in [1.165, 1.54) is 26.4 Å². The number of nitrogens with two attached hydrogens (primary N) is 1. The van der Waals surface area contributed by atoms with Crippen molar-refractivity contribution >= 4 is 41.7 Å². The molecule has 6 nitrogen and oxygen atoms in total. The minimum Gasteiger partial charge on any atom is -0.453 e. The summed E-state index contributed by atoms with van der Waals surface area (Å²) in [7, 11) is 1.33. The van der Waals surface area contributed by atoms with E-state index >= 15 is 0 Å². The minimum absolute atomic E-state index is 0. The topological polar surface area (TPSA) is 88.7 Å². The van der Waals surface area contributed by atoms with Crippen molar-refractivity contribution in [1.82, 2.24) is 5.32 Å². The number of carbonyl (C=O) groups is 1. The van der Waals surface area contributed by atoms with Crippen molar-refractivity contribution in [2.45, 2.75) is 39.2 Å². The van der Waals surface area contributed by atoms with Crippen LogP contribution in [-0.2, 0) is 11.3 Å². The van der Waals surface area contributed by atoms with Crippen molar-refractivity contribution < 1.29 is 9.53 Å². The molecule has 0 aliphatic carbocycles. The van der Waals surface area contributed by atoms with Crippen LogP contribution in [-0.4, -0.2) is 25.7 Å². The maximum Gasteiger partial charge on any atom is 0.411 e. The molecule has 0 fully saturated rings. The maximum absolute atomic E-state index is 11.1. The van der Waals surface area contributed by atoms with Gasteiger partial charge in [0.2, 0.25) is 0 Å². The first-order valence-corrected chi connectivity index (χ1v) is 7.63. The van der Waals surface area contributed by atoms with Crippen molar-refractivity contribution in [2.75, 3.05) is 19.0 Å². The Hall–Kier alpha value is -1.51. The predicted molar refractivity (Wildman–Crippen MR) is 105 cm³/mol. The summed E-state index contributed by atoms with van der Waals surface area (Å²) in [5.74, 6) is 0.466. The zero-order chi connectivity index (χ0) is 16.2. The summed E-state index contributed by atoms with van der Waals surface area (Å²) in [4.78, 5) is 15.4. The third kappa shape index (κ3) is 9.98. The van der Waals surface area contributed by atoms with Crippen molar-refractivity contribution in [3.63, 3.8) is 0 Å². The quantitative estimate of drug-likeness (QED) is 0.253. The van der Waals surface area contributed by atoms with Crippen LogP contribution in [0.2, 0.25) is 0 Å². The Bertz CT molecular complexity index is 477. The minimum atomic E-state index is -0.484. The van der Waals surface area contributed by atoms with Crippen LogP contribution in [0, 0.1) is 0 Å². The molecule has 0 radical (unpaired) electrons. The van der Waals surface area contributed by atoms with Gasteiger partial charge in [0.15, 0.2) is 5.96 Å². The molecule has 0 unspecified atom stereocenters. The second kappa shape index (κ2) is 13.0. The number of aliphatic imine (C=N–C) groups is 1. The van der Waals surface area contributed by atoms with E-state index in [1.807, 2.05) is 12.1 Å². The number of ether oxygens (including phenoxy) is 1. The Morgan fingerprint density at radius 3 is 2.52 bits per heavy atom. The molecule has 0 aromatic heterocycles. The number of rotatable bonds is 8. The number of nitrogens with zero attached hydrogens (tertiary/aromatic N) is 1. The number of benzene rings is 1. The number of hydrogen-bond donors (Lipinski definition) is 3. The zero-order valence-corrected chi connectivity index (χ0v) is 16.1. The van der Waals surface area contributed by atoms with Gasteiger partial charge in [0.1, 0.15) is 0 Å². The largest absolute Gasteiger partial charge is 0.453 e. The Morgan fingerprint density at radius 2 is 1.91 bits per heavy atom. The number of halogens is 1. The van der Waals surface area contributed by atoms with Gasteiger partial charge in [-0.05, 0) is 24.1 Å². The van der Waals surface area contributed by atoms with E-state index in [-0.39, 0.29) is 24.0 Å². The molecule has 1 aromatic carbocycles. The highest BCUT2D eigenvalue weighted by atomic mass is 127. The number of anilines is 1. The standard InChI is InChI=1S/C16H26N4O2.HI/c1-3-4-5-6-11-18-15(17)19-12-13-7-9-14(10-8-13)20-16(21)22-2;/h7-10H,3-6,11-12H2,1-2H3,(H,20,21)(H3,17,18,19);1H. The highest BCUT2D eigenvalue weighted by molar-refractivity contribution is 14.0. The summed E-state index contributed by atoms with van der Waals surface area (Å²) < 4.78 is 4.53. The maximum atomic E-state index is 11.1. The summed E-state index contributed by atoms with van der Waals surface area (Å²) in [6, 6.07) is 7.39. The first kappa shape index (κ1) is 21.5. The van der Waals surface area contributed by atoms with Gasteiger partial charge in [-0.1, -0.05) is 38.3 Å². The Labute approximate surface area is 155 Å². The van der Waals surface area contributed by atoms with Gasteiger partial charge in [0.05, 0.1) is 13.7 Å². The molecular formula is C16H27IN4O2. The number of carbonyl (C=O) groups excluding carboxylic acids is 1. The number of guanidine groups is 1. The second-order valence-electron chi connectivity index (χ2n) is 5.00. The lowest BCUT2D eigenvalue weighted by Gasteiger charge is -2.06. The third-order valence-corrected chi connectivity index (χ3v) is 3.15. The van der Waals surface area contributed by atoms with Gasteiger partial charge in [-0.2, -0.15) is 0 Å². The molecule has 1 amide bonds. The molecule has 0 saturated heterocycles. The molecule has 0 bridgehead atoms. The molecule has 1 rings (SSSR count). The Kier molecular flexibility index (Phi) is 12.1. The zero-order valence-electron chi connectivity index (χ0n) is 13.8.